The molecule has 0 aliphatic heterocycles. The molecule has 108 valence electrons. The Kier molecular flexibility index (Phi) is 3.95. The van der Waals surface area contributed by atoms with E-state index in [4.69, 9.17) is 5.11 Å². The summed E-state index contributed by atoms with van der Waals surface area (Å²) in [6, 6.07) is 1.96. The van der Waals surface area contributed by atoms with Crippen LogP contribution in [0.5, 0.6) is 0 Å². The zero-order valence-corrected chi connectivity index (χ0v) is 13.2. The fourth-order valence-electron chi connectivity index (χ4n) is 2.81. The molecule has 3 nitrogen and oxygen atoms in total. The summed E-state index contributed by atoms with van der Waals surface area (Å²) in [4.78, 5) is 13.3. The van der Waals surface area contributed by atoms with Gasteiger partial charge in [0.2, 0.25) is 5.91 Å². The zero-order chi connectivity index (χ0) is 15.0. The summed E-state index contributed by atoms with van der Waals surface area (Å²) < 4.78 is 0. The second-order valence-electron chi connectivity index (χ2n) is 6.36. The summed E-state index contributed by atoms with van der Waals surface area (Å²) in [6.45, 7) is 8.99. The van der Waals surface area contributed by atoms with Crippen LogP contribution in [0.15, 0.2) is 11.4 Å². The molecule has 0 bridgehead atoms. The summed E-state index contributed by atoms with van der Waals surface area (Å²) >= 11 is 1.58. The van der Waals surface area contributed by atoms with Crippen LogP contribution in [0.2, 0.25) is 0 Å². The maximum Gasteiger partial charge on any atom is 0.224 e. The molecule has 0 spiro atoms. The minimum absolute atomic E-state index is 0.0737. The molecule has 0 unspecified atom stereocenters. The Morgan fingerprint density at radius 3 is 2.60 bits per heavy atom. The monoisotopic (exact) mass is 291 g/mol. The van der Waals surface area contributed by atoms with Crippen molar-refractivity contribution in [3.8, 4) is 11.8 Å². The predicted octanol–water partition coefficient (Wildman–Crippen LogP) is 2.39. The smallest absolute Gasteiger partial charge is 0.224 e. The second-order valence-corrected chi connectivity index (χ2v) is 7.35. The third kappa shape index (κ3) is 2.61. The zero-order valence-electron chi connectivity index (χ0n) is 12.4. The van der Waals surface area contributed by atoms with E-state index in [2.05, 4.69) is 44.9 Å². The highest BCUT2D eigenvalue weighted by molar-refractivity contribution is 7.10. The molecule has 0 radical (unpaired) electrons. The second kappa shape index (κ2) is 5.23. The lowest BCUT2D eigenvalue weighted by Gasteiger charge is -2.04. The van der Waals surface area contributed by atoms with Crippen molar-refractivity contribution in [2.45, 2.75) is 34.2 Å². The molecule has 1 amide bonds. The first-order chi connectivity index (χ1) is 9.30. The maximum atomic E-state index is 12.2. The van der Waals surface area contributed by atoms with E-state index in [1.165, 1.54) is 0 Å². The number of thiophene rings is 1. The van der Waals surface area contributed by atoms with E-state index in [0.717, 1.165) is 10.4 Å². The van der Waals surface area contributed by atoms with Gasteiger partial charge < -0.3 is 10.4 Å². The van der Waals surface area contributed by atoms with Gasteiger partial charge >= 0.3 is 0 Å². The van der Waals surface area contributed by atoms with Crippen LogP contribution in [0, 0.1) is 28.6 Å². The van der Waals surface area contributed by atoms with Gasteiger partial charge in [-0.2, -0.15) is 0 Å². The molecule has 4 heteroatoms. The molecule has 20 heavy (non-hydrogen) atoms. The highest BCUT2D eigenvalue weighted by atomic mass is 32.1. The molecule has 1 aromatic heterocycles. The number of hydrogen-bond donors (Lipinski definition) is 2. The third-order valence-electron chi connectivity index (χ3n) is 4.69. The van der Waals surface area contributed by atoms with Crippen LogP contribution in [-0.2, 0) is 11.3 Å². The molecule has 1 saturated carbocycles. The first kappa shape index (κ1) is 15.1. The minimum atomic E-state index is -0.131. The Morgan fingerprint density at radius 2 is 2.05 bits per heavy atom. The standard InChI is InChI=1S/C16H21NO2S/c1-15(2)13(16(15,3)4)14(19)17-9-12-8-11(10-20-12)6-5-7-18/h8,10,13,18H,7,9H2,1-4H3,(H,17,19). The molecule has 1 aliphatic carbocycles. The Bertz CT molecular complexity index is 561. The summed E-state index contributed by atoms with van der Waals surface area (Å²) in [6.07, 6.45) is 0. The van der Waals surface area contributed by atoms with Crippen LogP contribution in [0.3, 0.4) is 0 Å². The van der Waals surface area contributed by atoms with Crippen LogP contribution >= 0.6 is 11.3 Å². The molecule has 1 fully saturated rings. The maximum absolute atomic E-state index is 12.2. The van der Waals surface area contributed by atoms with Gasteiger partial charge in [-0.05, 0) is 16.9 Å². The van der Waals surface area contributed by atoms with Crippen LogP contribution in [0.4, 0.5) is 0 Å². The number of nitrogens with one attached hydrogen (secondary N) is 1. The van der Waals surface area contributed by atoms with Crippen LogP contribution in [0.1, 0.15) is 38.1 Å². The van der Waals surface area contributed by atoms with E-state index in [9.17, 15) is 4.79 Å². The number of aliphatic hydroxyl groups excluding tert-OH is 1. The van der Waals surface area contributed by atoms with Crippen LogP contribution in [0.25, 0.3) is 0 Å². The van der Waals surface area contributed by atoms with Crippen molar-refractivity contribution in [3.63, 3.8) is 0 Å². The van der Waals surface area contributed by atoms with Crippen molar-refractivity contribution in [3.05, 3.63) is 21.9 Å². The highest BCUT2D eigenvalue weighted by Gasteiger charge is 2.68. The number of carbonyl (C=O) groups excluding carboxylic acids is 1. The number of aliphatic hydroxyl groups is 1. The summed E-state index contributed by atoms with van der Waals surface area (Å²) in [5.41, 5.74) is 1.04. The average molecular weight is 291 g/mol. The lowest BCUT2D eigenvalue weighted by atomic mass is 10.0. The van der Waals surface area contributed by atoms with Gasteiger partial charge in [0.25, 0.3) is 0 Å². The summed E-state index contributed by atoms with van der Waals surface area (Å²) in [7, 11) is 0. The van der Waals surface area contributed by atoms with Crippen molar-refractivity contribution < 1.29 is 9.90 Å². The first-order valence-corrected chi connectivity index (χ1v) is 7.63. The average Bonchev–Trinajstić information content (AvgIpc) is 2.71. The third-order valence-corrected chi connectivity index (χ3v) is 5.62. The summed E-state index contributed by atoms with van der Waals surface area (Å²) in [5, 5.41) is 13.6. The van der Waals surface area contributed by atoms with Gasteiger partial charge in [-0.3, -0.25) is 4.79 Å². The van der Waals surface area contributed by atoms with Crippen LogP contribution in [-0.4, -0.2) is 17.6 Å². The van der Waals surface area contributed by atoms with Gasteiger partial charge in [0, 0.05) is 21.7 Å². The van der Waals surface area contributed by atoms with Gasteiger partial charge in [0.1, 0.15) is 6.61 Å². The van der Waals surface area contributed by atoms with E-state index in [0.29, 0.717) is 6.54 Å². The van der Waals surface area contributed by atoms with Crippen molar-refractivity contribution in [1.82, 2.24) is 5.32 Å². The fourth-order valence-corrected chi connectivity index (χ4v) is 3.56. The first-order valence-electron chi connectivity index (χ1n) is 6.75. The van der Waals surface area contributed by atoms with E-state index < -0.39 is 0 Å². The van der Waals surface area contributed by atoms with Crippen molar-refractivity contribution in [2.24, 2.45) is 16.7 Å². The van der Waals surface area contributed by atoms with E-state index >= 15 is 0 Å². The Labute approximate surface area is 124 Å². The molecular formula is C16H21NO2S. The Balaban J connectivity index is 1.90. The lowest BCUT2D eigenvalue weighted by molar-refractivity contribution is -0.123. The van der Waals surface area contributed by atoms with Gasteiger partial charge in [0.15, 0.2) is 0 Å². The van der Waals surface area contributed by atoms with Crippen molar-refractivity contribution in [2.75, 3.05) is 6.61 Å². The predicted molar refractivity (Wildman–Crippen MR) is 81.2 cm³/mol. The number of hydrogen-bond acceptors (Lipinski definition) is 3. The van der Waals surface area contributed by atoms with Crippen molar-refractivity contribution in [1.29, 1.82) is 0 Å². The number of rotatable bonds is 3. The van der Waals surface area contributed by atoms with E-state index in [1.54, 1.807) is 11.3 Å². The highest BCUT2D eigenvalue weighted by Crippen LogP contribution is 2.68. The minimum Gasteiger partial charge on any atom is -0.384 e. The molecule has 0 aromatic carbocycles. The number of carbonyl (C=O) groups is 1. The van der Waals surface area contributed by atoms with Crippen molar-refractivity contribution >= 4 is 17.2 Å². The van der Waals surface area contributed by atoms with E-state index in [1.807, 2.05) is 11.4 Å². The normalized spacial score (nSPS) is 19.1. The van der Waals surface area contributed by atoms with Gasteiger partial charge in [-0.1, -0.05) is 39.5 Å². The molecule has 1 heterocycles. The van der Waals surface area contributed by atoms with Gasteiger partial charge in [0.05, 0.1) is 6.54 Å². The quantitative estimate of drug-likeness (QED) is 0.840. The fraction of sp³-hybridized carbons (Fsp3) is 0.562. The molecule has 1 aliphatic rings. The van der Waals surface area contributed by atoms with Gasteiger partial charge in [-0.25, -0.2) is 0 Å². The Morgan fingerprint density at radius 1 is 1.40 bits per heavy atom. The molecule has 1 aromatic rings. The molecule has 0 atom stereocenters. The van der Waals surface area contributed by atoms with Crippen LogP contribution < -0.4 is 5.32 Å². The molecule has 2 rings (SSSR count). The molecular weight excluding hydrogens is 270 g/mol. The number of amides is 1. The molecule has 0 saturated heterocycles. The molecule has 2 N–H and O–H groups in total. The summed E-state index contributed by atoms with van der Waals surface area (Å²) in [5.74, 6) is 5.70. The van der Waals surface area contributed by atoms with E-state index in [-0.39, 0.29) is 29.3 Å². The van der Waals surface area contributed by atoms with Gasteiger partial charge in [-0.15, -0.1) is 11.3 Å². The Hall–Kier alpha value is -1.31. The topological polar surface area (TPSA) is 49.3 Å². The lowest BCUT2D eigenvalue weighted by Crippen LogP contribution is -2.26. The SMILES string of the molecule is CC1(C)C(C(=O)NCc2cc(C#CCO)cs2)C1(C)C. The largest absolute Gasteiger partial charge is 0.384 e.